The van der Waals surface area contributed by atoms with Gasteiger partial charge >= 0.3 is 17.9 Å². The zero-order valence-corrected chi connectivity index (χ0v) is 21.5. The fraction of sp³-hybridized carbons (Fsp3) is 0.880. The van der Waals surface area contributed by atoms with Crippen LogP contribution in [0, 0.1) is 17.3 Å². The van der Waals surface area contributed by atoms with Crippen LogP contribution in [-0.2, 0) is 42.8 Å². The highest BCUT2D eigenvalue weighted by Gasteiger charge is 2.52. The number of fused-ring (bicyclic) bond motifs is 1. The van der Waals surface area contributed by atoms with Gasteiger partial charge in [0.25, 0.3) is 0 Å². The van der Waals surface area contributed by atoms with E-state index in [0.29, 0.717) is 32.3 Å². The zero-order chi connectivity index (χ0) is 25.3. The lowest BCUT2D eigenvalue weighted by Crippen LogP contribution is -2.35. The molecule has 9 nitrogen and oxygen atoms in total. The molecular weight excluding hydrogens is 444 g/mol. The molecule has 0 N–H and O–H groups in total. The maximum Gasteiger partial charge on any atom is 0.344 e. The van der Waals surface area contributed by atoms with Crippen LogP contribution in [0.1, 0.15) is 79.6 Å². The van der Waals surface area contributed by atoms with E-state index in [2.05, 4.69) is 6.92 Å². The third-order valence-corrected chi connectivity index (χ3v) is 6.06. The molecule has 0 aromatic carbocycles. The van der Waals surface area contributed by atoms with Gasteiger partial charge in [0.05, 0.1) is 12.8 Å². The van der Waals surface area contributed by atoms with E-state index < -0.39 is 37.0 Å². The van der Waals surface area contributed by atoms with Gasteiger partial charge in [-0.15, -0.1) is 0 Å². The van der Waals surface area contributed by atoms with Crippen molar-refractivity contribution in [2.45, 2.75) is 104 Å². The molecule has 1 aliphatic heterocycles. The van der Waals surface area contributed by atoms with Gasteiger partial charge in [-0.2, -0.15) is 0 Å². The topological polar surface area (TPSA) is 107 Å². The van der Waals surface area contributed by atoms with E-state index in [9.17, 15) is 14.4 Å². The standard InChI is InChI=1S/C25H42O9/c1-7-9-22(30-8-2)34-21(29-6)11-10-16-12-17-13-18(26)32-24(17)23(16)33-20(28)15-31-19(27)14-25(3,4)5/h16-17,21-24H,7-15H2,1-6H3. The van der Waals surface area contributed by atoms with Gasteiger partial charge in [0, 0.05) is 25.6 Å². The molecule has 0 radical (unpaired) electrons. The Hall–Kier alpha value is -1.71. The minimum absolute atomic E-state index is 0.0110. The van der Waals surface area contributed by atoms with Crippen molar-refractivity contribution >= 4 is 17.9 Å². The summed E-state index contributed by atoms with van der Waals surface area (Å²) in [5.74, 6) is -1.37. The van der Waals surface area contributed by atoms with Crippen LogP contribution in [0.3, 0.4) is 0 Å². The normalized spacial score (nSPS) is 26.0. The summed E-state index contributed by atoms with van der Waals surface area (Å²) in [5, 5.41) is 0. The molecule has 0 spiro atoms. The number of methoxy groups -OCH3 is 1. The van der Waals surface area contributed by atoms with E-state index >= 15 is 0 Å². The molecule has 0 bridgehead atoms. The molecule has 2 rings (SSSR count). The van der Waals surface area contributed by atoms with Crippen LogP contribution in [0.25, 0.3) is 0 Å². The third-order valence-electron chi connectivity index (χ3n) is 6.06. The Kier molecular flexibility index (Phi) is 11.2. The summed E-state index contributed by atoms with van der Waals surface area (Å²) in [4.78, 5) is 36.2. The van der Waals surface area contributed by atoms with Crippen LogP contribution in [0.15, 0.2) is 0 Å². The summed E-state index contributed by atoms with van der Waals surface area (Å²) in [7, 11) is 1.59. The zero-order valence-electron chi connectivity index (χ0n) is 21.5. The predicted molar refractivity (Wildman–Crippen MR) is 122 cm³/mol. The first-order valence-corrected chi connectivity index (χ1v) is 12.4. The molecule has 9 heteroatoms. The van der Waals surface area contributed by atoms with Gasteiger partial charge in [-0.25, -0.2) is 4.79 Å². The molecule has 2 aliphatic rings. The van der Waals surface area contributed by atoms with Crippen LogP contribution in [0.5, 0.6) is 0 Å². The summed E-state index contributed by atoms with van der Waals surface area (Å²) >= 11 is 0. The molecule has 1 aliphatic carbocycles. The van der Waals surface area contributed by atoms with Gasteiger partial charge < -0.3 is 28.4 Å². The number of rotatable bonds is 14. The number of carbonyl (C=O) groups excluding carboxylic acids is 3. The average molecular weight is 487 g/mol. The highest BCUT2D eigenvalue weighted by molar-refractivity contribution is 5.77. The van der Waals surface area contributed by atoms with Crippen molar-refractivity contribution in [3.05, 3.63) is 0 Å². The molecule has 34 heavy (non-hydrogen) atoms. The average Bonchev–Trinajstić information content (AvgIpc) is 3.25. The third kappa shape index (κ3) is 9.15. The number of carbonyl (C=O) groups is 3. The van der Waals surface area contributed by atoms with Gasteiger partial charge in [0.1, 0.15) is 12.2 Å². The van der Waals surface area contributed by atoms with E-state index in [4.69, 9.17) is 28.4 Å². The number of ether oxygens (including phenoxy) is 6. The van der Waals surface area contributed by atoms with E-state index in [-0.39, 0.29) is 35.9 Å². The maximum absolute atomic E-state index is 12.5. The number of esters is 3. The highest BCUT2D eigenvalue weighted by atomic mass is 16.8. The van der Waals surface area contributed by atoms with Crippen molar-refractivity contribution in [2.75, 3.05) is 20.3 Å². The Bertz CT molecular complexity index is 666. The molecular formula is C25H42O9. The summed E-state index contributed by atoms with van der Waals surface area (Å²) in [6, 6.07) is 0. The Morgan fingerprint density at radius 2 is 1.85 bits per heavy atom. The highest BCUT2D eigenvalue weighted by Crippen LogP contribution is 2.44. The largest absolute Gasteiger partial charge is 0.458 e. The second-order valence-corrected chi connectivity index (χ2v) is 10.3. The lowest BCUT2D eigenvalue weighted by atomic mass is 9.93. The Labute approximate surface area is 203 Å². The summed E-state index contributed by atoms with van der Waals surface area (Å²) in [6.07, 6.45) is 2.33. The fourth-order valence-electron chi connectivity index (χ4n) is 4.60. The molecule has 6 atom stereocenters. The van der Waals surface area contributed by atoms with Gasteiger partial charge in [0.15, 0.2) is 19.2 Å². The van der Waals surface area contributed by atoms with Crippen LogP contribution < -0.4 is 0 Å². The van der Waals surface area contributed by atoms with Crippen molar-refractivity contribution in [3.8, 4) is 0 Å². The smallest absolute Gasteiger partial charge is 0.344 e. The lowest BCUT2D eigenvalue weighted by Gasteiger charge is -2.27. The number of hydrogen-bond acceptors (Lipinski definition) is 9. The van der Waals surface area contributed by atoms with Crippen molar-refractivity contribution < 1.29 is 42.8 Å². The molecule has 2 fully saturated rings. The molecule has 1 heterocycles. The summed E-state index contributed by atoms with van der Waals surface area (Å²) in [5.41, 5.74) is -0.235. The first-order chi connectivity index (χ1) is 16.1. The Balaban J connectivity index is 1.93. The first kappa shape index (κ1) is 28.5. The SMILES string of the molecule is CCCC(OCC)OC(CCC1CC2CC(=O)OC2C1OC(=O)COC(=O)CC(C)(C)C)OC. The van der Waals surface area contributed by atoms with Crippen LogP contribution in [0.2, 0.25) is 0 Å². The van der Waals surface area contributed by atoms with Crippen LogP contribution >= 0.6 is 0 Å². The maximum atomic E-state index is 12.5. The molecule has 1 saturated heterocycles. The monoisotopic (exact) mass is 486 g/mol. The van der Waals surface area contributed by atoms with Crippen LogP contribution in [0.4, 0.5) is 0 Å². The fourth-order valence-corrected chi connectivity index (χ4v) is 4.60. The summed E-state index contributed by atoms with van der Waals surface area (Å²) in [6.45, 7) is 9.83. The Morgan fingerprint density at radius 3 is 2.47 bits per heavy atom. The quantitative estimate of drug-likeness (QED) is 0.206. The second kappa shape index (κ2) is 13.4. The predicted octanol–water partition coefficient (Wildman–Crippen LogP) is 3.76. The van der Waals surface area contributed by atoms with Gasteiger partial charge in [-0.3, -0.25) is 9.59 Å². The van der Waals surface area contributed by atoms with Crippen molar-refractivity contribution in [1.82, 2.24) is 0 Å². The van der Waals surface area contributed by atoms with Crippen molar-refractivity contribution in [2.24, 2.45) is 17.3 Å². The number of hydrogen-bond donors (Lipinski definition) is 0. The van der Waals surface area contributed by atoms with Crippen molar-refractivity contribution in [3.63, 3.8) is 0 Å². The van der Waals surface area contributed by atoms with Gasteiger partial charge in [-0.05, 0) is 38.0 Å². The van der Waals surface area contributed by atoms with Crippen LogP contribution in [-0.4, -0.2) is 63.0 Å². The van der Waals surface area contributed by atoms with E-state index in [1.54, 1.807) is 7.11 Å². The van der Waals surface area contributed by atoms with E-state index in [1.165, 1.54) is 0 Å². The molecule has 0 aromatic rings. The van der Waals surface area contributed by atoms with E-state index in [1.807, 2.05) is 27.7 Å². The molecule has 196 valence electrons. The molecule has 1 saturated carbocycles. The van der Waals surface area contributed by atoms with E-state index in [0.717, 1.165) is 12.8 Å². The Morgan fingerprint density at radius 1 is 1.12 bits per heavy atom. The summed E-state index contributed by atoms with van der Waals surface area (Å²) < 4.78 is 33.4. The second-order valence-electron chi connectivity index (χ2n) is 10.3. The molecule has 0 amide bonds. The minimum Gasteiger partial charge on any atom is -0.458 e. The first-order valence-electron chi connectivity index (χ1n) is 12.4. The molecule has 0 aromatic heterocycles. The van der Waals surface area contributed by atoms with Crippen molar-refractivity contribution in [1.29, 1.82) is 0 Å². The lowest BCUT2D eigenvalue weighted by molar-refractivity contribution is -0.241. The minimum atomic E-state index is -0.639. The molecule has 6 unspecified atom stereocenters. The van der Waals surface area contributed by atoms with Gasteiger partial charge in [-0.1, -0.05) is 34.1 Å². The van der Waals surface area contributed by atoms with Gasteiger partial charge in [0.2, 0.25) is 0 Å².